The molecule has 0 bridgehead atoms. The maximum Gasteiger partial charge on any atom is 0.317 e. The SMILES string of the molecule is COC(CCN(Cc1ccccc1)C(=O)NCCC(=O)NCc1ccccc1)OC. The Labute approximate surface area is 178 Å². The number of carbonyl (C=O) groups excluding carboxylic acids is 2. The second kappa shape index (κ2) is 13.3. The van der Waals surface area contributed by atoms with Gasteiger partial charge in [0.1, 0.15) is 0 Å². The number of ether oxygens (including phenoxy) is 2. The van der Waals surface area contributed by atoms with E-state index in [1.165, 1.54) is 0 Å². The van der Waals surface area contributed by atoms with Gasteiger partial charge in [0.05, 0.1) is 0 Å². The summed E-state index contributed by atoms with van der Waals surface area (Å²) in [5.41, 5.74) is 2.06. The topological polar surface area (TPSA) is 79.9 Å². The van der Waals surface area contributed by atoms with Crippen molar-refractivity contribution >= 4 is 11.9 Å². The third-order valence-corrected chi connectivity index (χ3v) is 4.62. The van der Waals surface area contributed by atoms with Crippen LogP contribution < -0.4 is 10.6 Å². The molecule has 7 heteroatoms. The molecule has 2 rings (SSSR count). The first kappa shape index (κ1) is 23.4. The number of nitrogens with one attached hydrogen (secondary N) is 2. The van der Waals surface area contributed by atoms with Gasteiger partial charge in [-0.05, 0) is 11.1 Å². The number of methoxy groups -OCH3 is 2. The van der Waals surface area contributed by atoms with Crippen LogP contribution in [0.25, 0.3) is 0 Å². The smallest absolute Gasteiger partial charge is 0.317 e. The first-order valence-electron chi connectivity index (χ1n) is 10.0. The van der Waals surface area contributed by atoms with Crippen molar-refractivity contribution in [2.45, 2.75) is 32.2 Å². The van der Waals surface area contributed by atoms with Crippen LogP contribution in [0, 0.1) is 0 Å². The largest absolute Gasteiger partial charge is 0.356 e. The normalized spacial score (nSPS) is 10.6. The molecule has 0 spiro atoms. The molecule has 0 fully saturated rings. The highest BCUT2D eigenvalue weighted by molar-refractivity contribution is 5.78. The number of rotatable bonds is 12. The highest BCUT2D eigenvalue weighted by atomic mass is 16.7. The fourth-order valence-electron chi connectivity index (χ4n) is 2.93. The minimum Gasteiger partial charge on any atom is -0.356 e. The van der Waals surface area contributed by atoms with Gasteiger partial charge in [0.2, 0.25) is 5.91 Å². The predicted molar refractivity (Wildman–Crippen MR) is 116 cm³/mol. The summed E-state index contributed by atoms with van der Waals surface area (Å²) in [6.07, 6.45) is 0.390. The van der Waals surface area contributed by atoms with Crippen LogP contribution in [0.3, 0.4) is 0 Å². The van der Waals surface area contributed by atoms with Gasteiger partial charge < -0.3 is 25.0 Å². The van der Waals surface area contributed by atoms with Crippen LogP contribution in [0.2, 0.25) is 0 Å². The molecule has 2 N–H and O–H groups in total. The molecule has 0 aliphatic heterocycles. The molecule has 0 heterocycles. The molecule has 0 aromatic heterocycles. The van der Waals surface area contributed by atoms with Crippen molar-refractivity contribution in [1.82, 2.24) is 15.5 Å². The highest BCUT2D eigenvalue weighted by Crippen LogP contribution is 2.08. The van der Waals surface area contributed by atoms with E-state index in [0.717, 1.165) is 11.1 Å². The second-order valence-electron chi connectivity index (χ2n) is 6.84. The van der Waals surface area contributed by atoms with Crippen molar-refractivity contribution < 1.29 is 19.1 Å². The van der Waals surface area contributed by atoms with Gasteiger partial charge in [0.15, 0.2) is 6.29 Å². The number of nitrogens with zero attached hydrogens (tertiary/aromatic N) is 1. The van der Waals surface area contributed by atoms with Crippen LogP contribution in [-0.2, 0) is 27.4 Å². The molecule has 3 amide bonds. The van der Waals surface area contributed by atoms with Crippen LogP contribution in [0.5, 0.6) is 0 Å². The van der Waals surface area contributed by atoms with Crippen molar-refractivity contribution in [3.05, 3.63) is 71.8 Å². The van der Waals surface area contributed by atoms with Gasteiger partial charge in [-0.25, -0.2) is 4.79 Å². The van der Waals surface area contributed by atoms with Crippen LogP contribution in [0.4, 0.5) is 4.79 Å². The summed E-state index contributed by atoms with van der Waals surface area (Å²) in [7, 11) is 3.15. The van der Waals surface area contributed by atoms with E-state index in [1.807, 2.05) is 60.7 Å². The van der Waals surface area contributed by atoms with Crippen LogP contribution in [0.1, 0.15) is 24.0 Å². The quantitative estimate of drug-likeness (QED) is 0.525. The lowest BCUT2D eigenvalue weighted by atomic mass is 10.2. The highest BCUT2D eigenvalue weighted by Gasteiger charge is 2.16. The average Bonchev–Trinajstić information content (AvgIpc) is 2.79. The van der Waals surface area contributed by atoms with Crippen LogP contribution in [0.15, 0.2) is 60.7 Å². The van der Waals surface area contributed by atoms with Gasteiger partial charge >= 0.3 is 6.03 Å². The molecular formula is C23H31N3O4. The minimum absolute atomic E-state index is 0.104. The molecular weight excluding hydrogens is 382 g/mol. The fraction of sp³-hybridized carbons (Fsp3) is 0.391. The van der Waals surface area contributed by atoms with Gasteiger partial charge in [-0.15, -0.1) is 0 Å². The number of hydrogen-bond donors (Lipinski definition) is 2. The van der Waals surface area contributed by atoms with Gasteiger partial charge in [-0.1, -0.05) is 60.7 Å². The third-order valence-electron chi connectivity index (χ3n) is 4.62. The van der Waals surface area contributed by atoms with E-state index < -0.39 is 0 Å². The van der Waals surface area contributed by atoms with E-state index >= 15 is 0 Å². The van der Waals surface area contributed by atoms with Crippen molar-refractivity contribution in [1.29, 1.82) is 0 Å². The van der Waals surface area contributed by atoms with Crippen molar-refractivity contribution in [3.63, 3.8) is 0 Å². The summed E-state index contributed by atoms with van der Waals surface area (Å²) in [4.78, 5) is 26.4. The summed E-state index contributed by atoms with van der Waals surface area (Å²) < 4.78 is 10.4. The van der Waals surface area contributed by atoms with Crippen molar-refractivity contribution in [2.24, 2.45) is 0 Å². The van der Waals surface area contributed by atoms with Gasteiger partial charge in [-0.2, -0.15) is 0 Å². The van der Waals surface area contributed by atoms with E-state index in [9.17, 15) is 9.59 Å². The monoisotopic (exact) mass is 413 g/mol. The zero-order chi connectivity index (χ0) is 21.6. The number of urea groups is 1. The molecule has 2 aromatic rings. The lowest BCUT2D eigenvalue weighted by Crippen LogP contribution is -2.42. The first-order chi connectivity index (χ1) is 14.6. The average molecular weight is 414 g/mol. The Morgan fingerprint density at radius 2 is 1.50 bits per heavy atom. The standard InChI is InChI=1S/C23H31N3O4/c1-29-22(30-2)14-16-26(18-20-11-7-4-8-12-20)23(28)24-15-13-21(27)25-17-19-9-5-3-6-10-19/h3-12,22H,13-18H2,1-2H3,(H,24,28)(H,25,27). The molecule has 0 unspecified atom stereocenters. The summed E-state index contributed by atoms with van der Waals surface area (Å²) in [6, 6.07) is 19.3. The molecule has 30 heavy (non-hydrogen) atoms. The van der Waals surface area contributed by atoms with Gasteiger partial charge in [-0.3, -0.25) is 4.79 Å². The molecule has 2 aromatic carbocycles. The van der Waals surface area contributed by atoms with Crippen molar-refractivity contribution in [3.8, 4) is 0 Å². The summed E-state index contributed by atoms with van der Waals surface area (Å²) in [6.45, 7) is 1.67. The van der Waals surface area contributed by atoms with Crippen LogP contribution >= 0.6 is 0 Å². The summed E-state index contributed by atoms with van der Waals surface area (Å²) in [5.74, 6) is -0.104. The van der Waals surface area contributed by atoms with E-state index in [-0.39, 0.29) is 31.2 Å². The zero-order valence-electron chi connectivity index (χ0n) is 17.7. The first-order valence-corrected chi connectivity index (χ1v) is 10.0. The van der Waals surface area contributed by atoms with Gasteiger partial charge in [0, 0.05) is 53.2 Å². The summed E-state index contributed by atoms with van der Waals surface area (Å²) >= 11 is 0. The Hall–Kier alpha value is -2.90. The number of carbonyl (C=O) groups is 2. The molecule has 0 saturated heterocycles. The Morgan fingerprint density at radius 3 is 2.10 bits per heavy atom. The molecule has 0 saturated carbocycles. The molecule has 0 aliphatic carbocycles. The molecule has 0 aliphatic rings. The van der Waals surface area contributed by atoms with Gasteiger partial charge in [0.25, 0.3) is 0 Å². The third kappa shape index (κ3) is 8.63. The van der Waals surface area contributed by atoms with Crippen molar-refractivity contribution in [2.75, 3.05) is 27.3 Å². The zero-order valence-corrected chi connectivity index (χ0v) is 17.7. The fourth-order valence-corrected chi connectivity index (χ4v) is 2.93. The maximum absolute atomic E-state index is 12.7. The Bertz CT molecular complexity index is 752. The van der Waals surface area contributed by atoms with Crippen LogP contribution in [-0.4, -0.2) is 50.4 Å². The van der Waals surface area contributed by atoms with E-state index in [4.69, 9.17) is 9.47 Å². The maximum atomic E-state index is 12.7. The second-order valence-corrected chi connectivity index (χ2v) is 6.84. The molecule has 162 valence electrons. The number of benzene rings is 2. The minimum atomic E-state index is -0.375. The van der Waals surface area contributed by atoms with E-state index in [0.29, 0.717) is 26.1 Å². The number of hydrogen-bond acceptors (Lipinski definition) is 4. The van der Waals surface area contributed by atoms with E-state index in [2.05, 4.69) is 10.6 Å². The lowest BCUT2D eigenvalue weighted by molar-refractivity contribution is -0.121. The molecule has 7 nitrogen and oxygen atoms in total. The lowest BCUT2D eigenvalue weighted by Gasteiger charge is -2.25. The molecule has 0 atom stereocenters. The van der Waals surface area contributed by atoms with E-state index in [1.54, 1.807) is 19.1 Å². The Morgan fingerprint density at radius 1 is 0.900 bits per heavy atom. The Kier molecular flexibility index (Phi) is 10.4. The Balaban J connectivity index is 1.81. The number of amides is 3. The molecule has 0 radical (unpaired) electrons. The summed E-state index contributed by atoms with van der Waals surface area (Å²) in [5, 5.41) is 5.70. The predicted octanol–water partition coefficient (Wildman–Crippen LogP) is 2.91.